The first-order valence-electron chi connectivity index (χ1n) is 7.08. The first-order valence-corrected chi connectivity index (χ1v) is 7.08. The maximum Gasteiger partial charge on any atom is 0.0224 e. The van der Waals surface area contributed by atoms with Crippen molar-refractivity contribution in [3.8, 4) is 0 Å². The first-order chi connectivity index (χ1) is 7.34. The van der Waals surface area contributed by atoms with Crippen molar-refractivity contribution in [1.29, 1.82) is 0 Å². The molecule has 0 amide bonds. The number of fused-ring (bicyclic) bond motifs is 2. The minimum absolute atomic E-state index is 0.939. The monoisotopic (exact) mass is 205 g/mol. The second-order valence-corrected chi connectivity index (χ2v) is 6.71. The summed E-state index contributed by atoms with van der Waals surface area (Å²) in [4.78, 5) is 0. The molecule has 15 heavy (non-hydrogen) atoms. The van der Waals surface area contributed by atoms with Crippen molar-refractivity contribution in [2.24, 2.45) is 35.5 Å². The summed E-state index contributed by atoms with van der Waals surface area (Å²) in [6, 6.07) is 0.939. The molecule has 7 unspecified atom stereocenters. The van der Waals surface area contributed by atoms with Gasteiger partial charge in [0.25, 0.3) is 0 Å². The number of hydrogen-bond acceptors (Lipinski definition) is 1. The summed E-state index contributed by atoms with van der Waals surface area (Å²) in [5.74, 6) is 6.66. The minimum Gasteiger partial charge on any atom is -0.311 e. The van der Waals surface area contributed by atoms with E-state index in [0.29, 0.717) is 0 Å². The third-order valence-electron chi connectivity index (χ3n) is 6.17. The van der Waals surface area contributed by atoms with Crippen LogP contribution in [0.1, 0.15) is 39.0 Å². The lowest BCUT2D eigenvalue weighted by Crippen LogP contribution is -2.49. The van der Waals surface area contributed by atoms with Gasteiger partial charge in [-0.05, 0) is 61.2 Å². The van der Waals surface area contributed by atoms with Crippen molar-refractivity contribution < 1.29 is 0 Å². The molecular formula is C14H23N. The quantitative estimate of drug-likeness (QED) is 0.653. The van der Waals surface area contributed by atoms with E-state index in [2.05, 4.69) is 12.2 Å². The predicted octanol–water partition coefficient (Wildman–Crippen LogP) is 2.67. The minimum atomic E-state index is 0.939. The Morgan fingerprint density at radius 1 is 0.933 bits per heavy atom. The molecule has 5 rings (SSSR count). The molecule has 1 nitrogen and oxygen atoms in total. The molecule has 1 saturated heterocycles. The molecule has 0 spiro atoms. The SMILES string of the molecule is CC1CCC2CC3C1CCC(C1CN1)C23. The van der Waals surface area contributed by atoms with Crippen LogP contribution >= 0.6 is 0 Å². The van der Waals surface area contributed by atoms with Crippen LogP contribution in [-0.2, 0) is 0 Å². The number of rotatable bonds is 1. The lowest BCUT2D eigenvalue weighted by Gasteiger charge is -2.54. The van der Waals surface area contributed by atoms with Gasteiger partial charge in [0.15, 0.2) is 0 Å². The van der Waals surface area contributed by atoms with Gasteiger partial charge in [-0.1, -0.05) is 13.3 Å². The molecule has 5 fully saturated rings. The largest absolute Gasteiger partial charge is 0.311 e. The Balaban J connectivity index is 1.62. The maximum absolute atomic E-state index is 3.58. The molecule has 7 atom stereocenters. The second-order valence-electron chi connectivity index (χ2n) is 6.71. The van der Waals surface area contributed by atoms with Gasteiger partial charge in [-0.2, -0.15) is 0 Å². The average Bonchev–Trinajstić information content (AvgIpc) is 2.99. The van der Waals surface area contributed by atoms with Crippen molar-refractivity contribution in [2.45, 2.75) is 45.1 Å². The van der Waals surface area contributed by atoms with Crippen LogP contribution in [0, 0.1) is 35.5 Å². The van der Waals surface area contributed by atoms with E-state index >= 15 is 0 Å². The van der Waals surface area contributed by atoms with Crippen LogP contribution < -0.4 is 5.32 Å². The molecule has 1 aliphatic heterocycles. The molecule has 4 aliphatic carbocycles. The van der Waals surface area contributed by atoms with Gasteiger partial charge >= 0.3 is 0 Å². The van der Waals surface area contributed by atoms with Gasteiger partial charge < -0.3 is 5.32 Å². The molecule has 0 aromatic carbocycles. The summed E-state index contributed by atoms with van der Waals surface area (Å²) >= 11 is 0. The molecule has 0 radical (unpaired) electrons. The smallest absolute Gasteiger partial charge is 0.0224 e. The van der Waals surface area contributed by atoms with E-state index in [1.807, 2.05) is 0 Å². The summed E-state index contributed by atoms with van der Waals surface area (Å²) in [5, 5.41) is 3.58. The van der Waals surface area contributed by atoms with Crippen molar-refractivity contribution in [3.05, 3.63) is 0 Å². The molecule has 1 N–H and O–H groups in total. The Bertz CT molecular complexity index is 269. The van der Waals surface area contributed by atoms with E-state index in [0.717, 1.165) is 41.5 Å². The van der Waals surface area contributed by atoms with Crippen LogP contribution in [0.3, 0.4) is 0 Å². The molecule has 0 aromatic heterocycles. The van der Waals surface area contributed by atoms with Gasteiger partial charge in [-0.25, -0.2) is 0 Å². The van der Waals surface area contributed by atoms with Crippen molar-refractivity contribution in [2.75, 3.05) is 6.54 Å². The molecule has 0 aromatic rings. The van der Waals surface area contributed by atoms with Crippen molar-refractivity contribution in [3.63, 3.8) is 0 Å². The average molecular weight is 205 g/mol. The highest BCUT2D eigenvalue weighted by molar-refractivity contribution is 5.07. The highest BCUT2D eigenvalue weighted by Gasteiger charge is 2.56. The normalized spacial score (nSPS) is 61.8. The van der Waals surface area contributed by atoms with E-state index in [4.69, 9.17) is 0 Å². The standard InChI is InChI=1S/C14H23N/c1-8-2-3-9-6-12-10(8)4-5-11(14(9)12)13-7-15-13/h8-15H,2-7H2,1H3. The van der Waals surface area contributed by atoms with E-state index in [9.17, 15) is 0 Å². The fourth-order valence-electron chi connectivity index (χ4n) is 5.28. The third-order valence-corrected chi connectivity index (χ3v) is 6.17. The molecule has 5 aliphatic rings. The first kappa shape index (κ1) is 9.04. The molecular weight excluding hydrogens is 182 g/mol. The summed E-state index contributed by atoms with van der Waals surface area (Å²) in [7, 11) is 0. The summed E-state index contributed by atoms with van der Waals surface area (Å²) < 4.78 is 0. The second kappa shape index (κ2) is 3.00. The van der Waals surface area contributed by atoms with Crippen LogP contribution in [0.15, 0.2) is 0 Å². The molecule has 4 saturated carbocycles. The third kappa shape index (κ3) is 1.19. The Morgan fingerprint density at radius 2 is 1.73 bits per heavy atom. The predicted molar refractivity (Wildman–Crippen MR) is 61.5 cm³/mol. The maximum atomic E-state index is 3.58. The van der Waals surface area contributed by atoms with Gasteiger partial charge in [-0.15, -0.1) is 0 Å². The summed E-state index contributed by atoms with van der Waals surface area (Å²) in [5.41, 5.74) is 0. The van der Waals surface area contributed by atoms with E-state index in [-0.39, 0.29) is 0 Å². The molecule has 1 heterocycles. The topological polar surface area (TPSA) is 21.9 Å². The van der Waals surface area contributed by atoms with Gasteiger partial charge in [0.05, 0.1) is 0 Å². The van der Waals surface area contributed by atoms with E-state index in [1.165, 1.54) is 13.0 Å². The number of hydrogen-bond donors (Lipinski definition) is 1. The Hall–Kier alpha value is -0.0400. The zero-order chi connectivity index (χ0) is 9.99. The van der Waals surface area contributed by atoms with Gasteiger partial charge in [0.2, 0.25) is 0 Å². The Labute approximate surface area is 93.0 Å². The fourth-order valence-corrected chi connectivity index (χ4v) is 5.28. The van der Waals surface area contributed by atoms with Crippen molar-refractivity contribution in [1.82, 2.24) is 5.32 Å². The van der Waals surface area contributed by atoms with Crippen LogP contribution in [0.2, 0.25) is 0 Å². The van der Waals surface area contributed by atoms with Crippen LogP contribution in [0.5, 0.6) is 0 Å². The van der Waals surface area contributed by atoms with Gasteiger partial charge in [0.1, 0.15) is 0 Å². The highest BCUT2D eigenvalue weighted by atomic mass is 15.1. The van der Waals surface area contributed by atoms with Crippen LogP contribution in [0.25, 0.3) is 0 Å². The zero-order valence-corrected chi connectivity index (χ0v) is 9.78. The zero-order valence-electron chi connectivity index (χ0n) is 9.78. The van der Waals surface area contributed by atoms with E-state index < -0.39 is 0 Å². The van der Waals surface area contributed by atoms with Crippen LogP contribution in [0.4, 0.5) is 0 Å². The lowest BCUT2D eigenvalue weighted by atomic mass is 9.50. The summed E-state index contributed by atoms with van der Waals surface area (Å²) in [6.07, 6.45) is 7.79. The van der Waals surface area contributed by atoms with Gasteiger partial charge in [0, 0.05) is 12.6 Å². The molecule has 4 bridgehead atoms. The Kier molecular flexibility index (Phi) is 1.81. The van der Waals surface area contributed by atoms with Crippen molar-refractivity contribution >= 4 is 0 Å². The lowest BCUT2D eigenvalue weighted by molar-refractivity contribution is -0.0533. The van der Waals surface area contributed by atoms with Crippen LogP contribution in [-0.4, -0.2) is 12.6 Å². The van der Waals surface area contributed by atoms with E-state index in [1.54, 1.807) is 25.7 Å². The van der Waals surface area contributed by atoms with Gasteiger partial charge in [-0.3, -0.25) is 0 Å². The highest BCUT2D eigenvalue weighted by Crippen LogP contribution is 2.61. The molecule has 1 heteroatoms. The fraction of sp³-hybridized carbons (Fsp3) is 1.00. The number of nitrogens with one attached hydrogen (secondary N) is 1. The Morgan fingerprint density at radius 3 is 2.53 bits per heavy atom. The molecule has 84 valence electrons. The summed E-state index contributed by atoms with van der Waals surface area (Å²) in [6.45, 7) is 3.86.